The highest BCUT2D eigenvalue weighted by molar-refractivity contribution is 6.42. The number of halogens is 2. The third-order valence-corrected chi connectivity index (χ3v) is 3.55. The van der Waals surface area contributed by atoms with E-state index in [0.717, 1.165) is 5.56 Å². The topological polar surface area (TPSA) is 47.9 Å². The van der Waals surface area contributed by atoms with Crippen LogP contribution >= 0.6 is 23.2 Å². The van der Waals surface area contributed by atoms with Crippen LogP contribution in [0.5, 0.6) is 5.75 Å². The fourth-order valence-electron chi connectivity index (χ4n) is 1.71. The van der Waals surface area contributed by atoms with Gasteiger partial charge in [0, 0.05) is 6.21 Å². The summed E-state index contributed by atoms with van der Waals surface area (Å²) < 4.78 is 10.1. The molecule has 0 radical (unpaired) electrons. The summed E-state index contributed by atoms with van der Waals surface area (Å²) in [6, 6.07) is 12.4. The first-order valence-corrected chi connectivity index (χ1v) is 7.71. The van der Waals surface area contributed by atoms with Gasteiger partial charge in [0.1, 0.15) is 5.75 Å². The van der Waals surface area contributed by atoms with Gasteiger partial charge in [0.05, 0.1) is 22.3 Å². The summed E-state index contributed by atoms with van der Waals surface area (Å²) in [5.41, 5.74) is 1.60. The highest BCUT2D eigenvalue weighted by Crippen LogP contribution is 2.26. The van der Waals surface area contributed by atoms with Crippen LogP contribution in [0.15, 0.2) is 47.5 Å². The number of ether oxygens (including phenoxy) is 2. The van der Waals surface area contributed by atoms with E-state index in [0.29, 0.717) is 28.1 Å². The number of hydrogen-bond acceptors (Lipinski definition) is 4. The van der Waals surface area contributed by atoms with Crippen molar-refractivity contribution in [2.24, 2.45) is 4.99 Å². The SMILES string of the molecule is CCOC(=O)COc1ccc(C=Nc2ccc(Cl)c(Cl)c2)cc1. The van der Waals surface area contributed by atoms with E-state index in [1.54, 1.807) is 43.5 Å². The molecule has 0 atom stereocenters. The lowest BCUT2D eigenvalue weighted by Crippen LogP contribution is -2.14. The van der Waals surface area contributed by atoms with E-state index in [2.05, 4.69) is 4.99 Å². The minimum absolute atomic E-state index is 0.107. The Kier molecular flexibility index (Phi) is 6.44. The first-order valence-electron chi connectivity index (χ1n) is 6.96. The van der Waals surface area contributed by atoms with Gasteiger partial charge in [-0.25, -0.2) is 4.79 Å². The number of carbonyl (C=O) groups excluding carboxylic acids is 1. The van der Waals surface area contributed by atoms with E-state index < -0.39 is 5.97 Å². The van der Waals surface area contributed by atoms with Crippen molar-refractivity contribution in [3.8, 4) is 5.75 Å². The van der Waals surface area contributed by atoms with Crippen LogP contribution in [-0.4, -0.2) is 25.4 Å². The van der Waals surface area contributed by atoms with Crippen molar-refractivity contribution in [1.29, 1.82) is 0 Å². The Hall–Kier alpha value is -2.04. The number of rotatable bonds is 6. The second-order valence-electron chi connectivity index (χ2n) is 4.52. The number of aliphatic imine (C=N–C) groups is 1. The molecule has 4 nitrogen and oxygen atoms in total. The van der Waals surface area contributed by atoms with E-state index in [1.165, 1.54) is 0 Å². The molecule has 0 unspecified atom stereocenters. The smallest absolute Gasteiger partial charge is 0.344 e. The van der Waals surface area contributed by atoms with Crippen LogP contribution in [0.1, 0.15) is 12.5 Å². The molecule has 0 amide bonds. The summed E-state index contributed by atoms with van der Waals surface area (Å²) in [5, 5.41) is 0.956. The Morgan fingerprint density at radius 1 is 1.13 bits per heavy atom. The number of nitrogens with zero attached hydrogens (tertiary/aromatic N) is 1. The van der Waals surface area contributed by atoms with E-state index in [9.17, 15) is 4.79 Å². The summed E-state index contributed by atoms with van der Waals surface area (Å²) in [6.45, 7) is 1.98. The van der Waals surface area contributed by atoms with Crippen LogP contribution in [0.25, 0.3) is 0 Å². The minimum Gasteiger partial charge on any atom is -0.482 e. The van der Waals surface area contributed by atoms with Gasteiger partial charge < -0.3 is 9.47 Å². The number of esters is 1. The lowest BCUT2D eigenvalue weighted by atomic mass is 10.2. The van der Waals surface area contributed by atoms with Crippen molar-refractivity contribution in [1.82, 2.24) is 0 Å². The fourth-order valence-corrected chi connectivity index (χ4v) is 2.00. The normalized spacial score (nSPS) is 10.7. The van der Waals surface area contributed by atoms with Crippen LogP contribution in [0.3, 0.4) is 0 Å². The predicted molar refractivity (Wildman–Crippen MR) is 92.3 cm³/mol. The van der Waals surface area contributed by atoms with Gasteiger partial charge >= 0.3 is 5.97 Å². The molecule has 120 valence electrons. The Morgan fingerprint density at radius 2 is 1.87 bits per heavy atom. The van der Waals surface area contributed by atoms with Gasteiger partial charge in [0.2, 0.25) is 0 Å². The van der Waals surface area contributed by atoms with Crippen molar-refractivity contribution in [3.63, 3.8) is 0 Å². The lowest BCUT2D eigenvalue weighted by molar-refractivity contribution is -0.145. The molecule has 0 N–H and O–H groups in total. The Morgan fingerprint density at radius 3 is 2.52 bits per heavy atom. The summed E-state index contributed by atoms with van der Waals surface area (Å²) in [5.74, 6) is 0.197. The molecule has 6 heteroatoms. The monoisotopic (exact) mass is 351 g/mol. The quantitative estimate of drug-likeness (QED) is 0.560. The number of benzene rings is 2. The summed E-state index contributed by atoms with van der Waals surface area (Å²) in [6.07, 6.45) is 1.70. The first-order chi connectivity index (χ1) is 11.1. The van der Waals surface area contributed by atoms with Crippen molar-refractivity contribution in [2.45, 2.75) is 6.92 Å². The third kappa shape index (κ3) is 5.58. The molecule has 0 saturated heterocycles. The van der Waals surface area contributed by atoms with E-state index in [1.807, 2.05) is 12.1 Å². The van der Waals surface area contributed by atoms with Gasteiger partial charge in [-0.2, -0.15) is 0 Å². The van der Waals surface area contributed by atoms with Gasteiger partial charge in [0.25, 0.3) is 0 Å². The molecule has 0 spiro atoms. The van der Waals surface area contributed by atoms with Gasteiger partial charge in [-0.05, 0) is 55.0 Å². The molecule has 0 aliphatic rings. The molecule has 0 aromatic heterocycles. The zero-order valence-corrected chi connectivity index (χ0v) is 14.0. The number of carbonyl (C=O) groups is 1. The Bertz CT molecular complexity index is 699. The van der Waals surface area contributed by atoms with Crippen LogP contribution < -0.4 is 4.74 Å². The highest BCUT2D eigenvalue weighted by Gasteiger charge is 2.02. The van der Waals surface area contributed by atoms with Crippen LogP contribution in [0, 0.1) is 0 Å². The fraction of sp³-hybridized carbons (Fsp3) is 0.176. The van der Waals surface area contributed by atoms with E-state index in [-0.39, 0.29) is 6.61 Å². The molecule has 2 aromatic rings. The molecule has 0 aliphatic carbocycles. The van der Waals surface area contributed by atoms with Gasteiger partial charge in [0.15, 0.2) is 6.61 Å². The van der Waals surface area contributed by atoms with Crippen molar-refractivity contribution >= 4 is 41.1 Å². The third-order valence-electron chi connectivity index (χ3n) is 2.81. The van der Waals surface area contributed by atoms with Gasteiger partial charge in [-0.1, -0.05) is 23.2 Å². The number of hydrogen-bond donors (Lipinski definition) is 0. The zero-order valence-electron chi connectivity index (χ0n) is 12.5. The van der Waals surface area contributed by atoms with E-state index in [4.69, 9.17) is 32.7 Å². The van der Waals surface area contributed by atoms with Gasteiger partial charge in [-0.15, -0.1) is 0 Å². The molecule has 0 heterocycles. The molecule has 2 rings (SSSR count). The molecule has 23 heavy (non-hydrogen) atoms. The van der Waals surface area contributed by atoms with Crippen molar-refractivity contribution < 1.29 is 14.3 Å². The molecule has 0 fully saturated rings. The maximum atomic E-state index is 11.2. The van der Waals surface area contributed by atoms with Crippen molar-refractivity contribution in [2.75, 3.05) is 13.2 Å². The summed E-state index contributed by atoms with van der Waals surface area (Å²) >= 11 is 11.8. The first kappa shape index (κ1) is 17.3. The zero-order chi connectivity index (χ0) is 16.7. The second-order valence-corrected chi connectivity index (χ2v) is 5.33. The second kappa shape index (κ2) is 8.56. The lowest BCUT2D eigenvalue weighted by Gasteiger charge is -2.05. The van der Waals surface area contributed by atoms with Crippen molar-refractivity contribution in [3.05, 3.63) is 58.1 Å². The predicted octanol–water partition coefficient (Wildman–Crippen LogP) is 4.69. The molecular weight excluding hydrogens is 337 g/mol. The van der Waals surface area contributed by atoms with Crippen LogP contribution in [0.2, 0.25) is 10.0 Å². The van der Waals surface area contributed by atoms with E-state index >= 15 is 0 Å². The van der Waals surface area contributed by atoms with Crippen LogP contribution in [0.4, 0.5) is 5.69 Å². The standard InChI is InChI=1S/C17H15Cl2NO3/c1-2-22-17(21)11-23-14-6-3-12(4-7-14)10-20-13-5-8-15(18)16(19)9-13/h3-10H,2,11H2,1H3. The average Bonchev–Trinajstić information content (AvgIpc) is 2.55. The highest BCUT2D eigenvalue weighted by atomic mass is 35.5. The Balaban J connectivity index is 1.95. The molecule has 0 aliphatic heterocycles. The maximum Gasteiger partial charge on any atom is 0.344 e. The molecule has 0 saturated carbocycles. The van der Waals surface area contributed by atoms with Gasteiger partial charge in [-0.3, -0.25) is 4.99 Å². The summed E-state index contributed by atoms with van der Waals surface area (Å²) in [4.78, 5) is 15.5. The molecular formula is C17H15Cl2NO3. The largest absolute Gasteiger partial charge is 0.482 e. The average molecular weight is 352 g/mol. The molecule has 0 bridgehead atoms. The molecule has 2 aromatic carbocycles. The van der Waals surface area contributed by atoms with Crippen LogP contribution in [-0.2, 0) is 9.53 Å². The summed E-state index contributed by atoms with van der Waals surface area (Å²) in [7, 11) is 0. The Labute approximate surface area is 144 Å². The maximum absolute atomic E-state index is 11.2. The minimum atomic E-state index is -0.391.